The number of amides is 1. The van der Waals surface area contributed by atoms with E-state index in [2.05, 4.69) is 25.2 Å². The molecule has 4 heterocycles. The molecule has 1 N–H and O–H groups in total. The van der Waals surface area contributed by atoms with Gasteiger partial charge in [0.15, 0.2) is 0 Å². The van der Waals surface area contributed by atoms with Gasteiger partial charge in [-0.1, -0.05) is 6.07 Å². The van der Waals surface area contributed by atoms with Gasteiger partial charge in [0.1, 0.15) is 23.8 Å². The molecule has 4 aromatic rings. The van der Waals surface area contributed by atoms with Gasteiger partial charge in [0.05, 0.1) is 0 Å². The van der Waals surface area contributed by atoms with Crippen molar-refractivity contribution in [2.45, 2.75) is 0 Å². The lowest BCUT2D eigenvalue weighted by Gasteiger charge is -2.35. The van der Waals surface area contributed by atoms with Gasteiger partial charge in [-0.05, 0) is 48.5 Å². The summed E-state index contributed by atoms with van der Waals surface area (Å²) in [7, 11) is 0. The number of pyridine rings is 1. The van der Waals surface area contributed by atoms with E-state index in [1.165, 1.54) is 0 Å². The molecule has 1 fully saturated rings. The van der Waals surface area contributed by atoms with E-state index in [0.717, 1.165) is 17.3 Å². The van der Waals surface area contributed by atoms with Crippen molar-refractivity contribution >= 4 is 23.4 Å². The van der Waals surface area contributed by atoms with E-state index in [1.54, 1.807) is 12.5 Å². The van der Waals surface area contributed by atoms with Crippen LogP contribution in [0.3, 0.4) is 0 Å². The van der Waals surface area contributed by atoms with E-state index in [4.69, 9.17) is 0 Å². The SMILES string of the molecule is O=C(c1ccc(-n2cccc2)cc1)N1CCN(c2cc(Nc3ccccn3)ncn2)CC1. The van der Waals surface area contributed by atoms with Gasteiger partial charge in [-0.15, -0.1) is 0 Å². The fourth-order valence-corrected chi connectivity index (χ4v) is 3.76. The summed E-state index contributed by atoms with van der Waals surface area (Å²) in [6.07, 6.45) is 7.25. The Labute approximate surface area is 186 Å². The van der Waals surface area contributed by atoms with E-state index < -0.39 is 0 Å². The Morgan fingerprint density at radius 1 is 0.812 bits per heavy atom. The molecule has 8 heteroatoms. The molecule has 1 aliphatic rings. The zero-order valence-corrected chi connectivity index (χ0v) is 17.5. The fourth-order valence-electron chi connectivity index (χ4n) is 3.76. The summed E-state index contributed by atoms with van der Waals surface area (Å²) in [5.41, 5.74) is 1.74. The zero-order valence-electron chi connectivity index (χ0n) is 17.5. The number of hydrogen-bond acceptors (Lipinski definition) is 6. The standard InChI is InChI=1S/C24H23N7O/c32-24(19-6-8-20(9-7-19)29-11-3-4-12-29)31-15-13-30(14-16-31)23-17-22(26-18-27-23)28-21-5-1-2-10-25-21/h1-12,17-18H,13-16H2,(H,25,26,27,28). The molecule has 1 saturated heterocycles. The first-order valence-corrected chi connectivity index (χ1v) is 10.5. The van der Waals surface area contributed by atoms with Crippen molar-refractivity contribution in [3.63, 3.8) is 0 Å². The molecule has 1 aliphatic heterocycles. The quantitative estimate of drug-likeness (QED) is 0.528. The van der Waals surface area contributed by atoms with Crippen molar-refractivity contribution in [1.29, 1.82) is 0 Å². The third kappa shape index (κ3) is 4.29. The summed E-state index contributed by atoms with van der Waals surface area (Å²) < 4.78 is 2.02. The molecule has 1 aromatic carbocycles. The maximum atomic E-state index is 13.0. The average Bonchev–Trinajstić information content (AvgIpc) is 3.40. The van der Waals surface area contributed by atoms with Gasteiger partial charge in [0, 0.05) is 62.1 Å². The molecule has 0 aliphatic carbocycles. The number of rotatable bonds is 5. The minimum Gasteiger partial charge on any atom is -0.353 e. The Morgan fingerprint density at radius 3 is 2.31 bits per heavy atom. The Morgan fingerprint density at radius 2 is 1.59 bits per heavy atom. The summed E-state index contributed by atoms with van der Waals surface area (Å²) in [5.74, 6) is 2.32. The molecular weight excluding hydrogens is 402 g/mol. The van der Waals surface area contributed by atoms with Gasteiger partial charge < -0.3 is 19.7 Å². The number of hydrogen-bond donors (Lipinski definition) is 1. The van der Waals surface area contributed by atoms with Crippen LogP contribution in [-0.2, 0) is 0 Å². The zero-order chi connectivity index (χ0) is 21.8. The van der Waals surface area contributed by atoms with Gasteiger partial charge in [0.25, 0.3) is 5.91 Å². The van der Waals surface area contributed by atoms with Crippen LogP contribution in [0.15, 0.2) is 85.6 Å². The Balaban J connectivity index is 1.20. The lowest BCUT2D eigenvalue weighted by molar-refractivity contribution is 0.0746. The largest absolute Gasteiger partial charge is 0.353 e. The van der Waals surface area contributed by atoms with Crippen molar-refractivity contribution in [3.8, 4) is 5.69 Å². The summed E-state index contributed by atoms with van der Waals surface area (Å²) in [6, 6.07) is 19.3. The van der Waals surface area contributed by atoms with E-state index in [-0.39, 0.29) is 5.91 Å². The number of anilines is 3. The van der Waals surface area contributed by atoms with Gasteiger partial charge >= 0.3 is 0 Å². The van der Waals surface area contributed by atoms with Crippen LogP contribution in [-0.4, -0.2) is 56.5 Å². The topological polar surface area (TPSA) is 79.2 Å². The van der Waals surface area contributed by atoms with E-state index in [9.17, 15) is 4.79 Å². The molecule has 32 heavy (non-hydrogen) atoms. The first kappa shape index (κ1) is 19.7. The van der Waals surface area contributed by atoms with Crippen LogP contribution in [0.1, 0.15) is 10.4 Å². The van der Waals surface area contributed by atoms with E-state index in [1.807, 2.05) is 82.5 Å². The first-order valence-electron chi connectivity index (χ1n) is 10.5. The van der Waals surface area contributed by atoms with Crippen LogP contribution in [0, 0.1) is 0 Å². The van der Waals surface area contributed by atoms with Gasteiger partial charge in [-0.3, -0.25) is 4.79 Å². The smallest absolute Gasteiger partial charge is 0.253 e. The summed E-state index contributed by atoms with van der Waals surface area (Å²) in [5, 5.41) is 3.19. The molecule has 0 radical (unpaired) electrons. The second-order valence-electron chi connectivity index (χ2n) is 7.52. The third-order valence-corrected chi connectivity index (χ3v) is 5.48. The summed E-state index contributed by atoms with van der Waals surface area (Å²) in [4.78, 5) is 30.0. The number of carbonyl (C=O) groups is 1. The highest BCUT2D eigenvalue weighted by atomic mass is 16.2. The average molecular weight is 425 g/mol. The first-order chi connectivity index (χ1) is 15.8. The number of nitrogens with one attached hydrogen (secondary N) is 1. The van der Waals surface area contributed by atoms with Crippen molar-refractivity contribution in [1.82, 2.24) is 24.4 Å². The van der Waals surface area contributed by atoms with Crippen LogP contribution in [0.2, 0.25) is 0 Å². The predicted molar refractivity (Wildman–Crippen MR) is 123 cm³/mol. The minimum atomic E-state index is 0.0592. The monoisotopic (exact) mass is 425 g/mol. The summed E-state index contributed by atoms with van der Waals surface area (Å²) in [6.45, 7) is 2.72. The van der Waals surface area contributed by atoms with Crippen molar-refractivity contribution in [2.75, 3.05) is 36.4 Å². The molecule has 5 rings (SSSR count). The lowest BCUT2D eigenvalue weighted by atomic mass is 10.1. The van der Waals surface area contributed by atoms with Crippen LogP contribution >= 0.6 is 0 Å². The molecular formula is C24H23N7O. The number of piperazine rings is 1. The van der Waals surface area contributed by atoms with Gasteiger partial charge in [-0.25, -0.2) is 15.0 Å². The van der Waals surface area contributed by atoms with Gasteiger partial charge in [-0.2, -0.15) is 0 Å². The maximum Gasteiger partial charge on any atom is 0.253 e. The second kappa shape index (κ2) is 8.89. The molecule has 8 nitrogen and oxygen atoms in total. The molecule has 0 atom stereocenters. The van der Waals surface area contributed by atoms with Gasteiger partial charge in [0.2, 0.25) is 0 Å². The number of carbonyl (C=O) groups excluding carboxylic acids is 1. The Hall–Kier alpha value is -4.20. The van der Waals surface area contributed by atoms with Crippen molar-refractivity contribution in [2.24, 2.45) is 0 Å². The Kier molecular flexibility index (Phi) is 5.48. The normalized spacial score (nSPS) is 13.8. The lowest BCUT2D eigenvalue weighted by Crippen LogP contribution is -2.49. The minimum absolute atomic E-state index is 0.0592. The highest BCUT2D eigenvalue weighted by Crippen LogP contribution is 2.20. The molecule has 0 unspecified atom stereocenters. The van der Waals surface area contributed by atoms with E-state index in [0.29, 0.717) is 37.6 Å². The Bertz CT molecular complexity index is 1170. The van der Waals surface area contributed by atoms with Crippen LogP contribution < -0.4 is 10.2 Å². The predicted octanol–water partition coefficient (Wildman–Crippen LogP) is 3.37. The molecule has 160 valence electrons. The third-order valence-electron chi connectivity index (χ3n) is 5.48. The van der Waals surface area contributed by atoms with Crippen molar-refractivity contribution < 1.29 is 4.79 Å². The van der Waals surface area contributed by atoms with Crippen LogP contribution in [0.4, 0.5) is 17.5 Å². The second-order valence-corrected chi connectivity index (χ2v) is 7.52. The van der Waals surface area contributed by atoms with Crippen molar-refractivity contribution in [3.05, 3.63) is 91.1 Å². The molecule has 0 bridgehead atoms. The van der Waals surface area contributed by atoms with E-state index >= 15 is 0 Å². The number of benzene rings is 1. The van der Waals surface area contributed by atoms with Crippen LogP contribution in [0.5, 0.6) is 0 Å². The maximum absolute atomic E-state index is 13.0. The molecule has 0 saturated carbocycles. The highest BCUT2D eigenvalue weighted by Gasteiger charge is 2.23. The molecule has 0 spiro atoms. The highest BCUT2D eigenvalue weighted by molar-refractivity contribution is 5.94. The van der Waals surface area contributed by atoms with Crippen LogP contribution in [0.25, 0.3) is 5.69 Å². The number of nitrogens with zero attached hydrogens (tertiary/aromatic N) is 6. The summed E-state index contributed by atoms with van der Waals surface area (Å²) >= 11 is 0. The fraction of sp³-hybridized carbons (Fsp3) is 0.167. The molecule has 1 amide bonds. The molecule has 3 aromatic heterocycles. The number of aromatic nitrogens is 4.